The van der Waals surface area contributed by atoms with Gasteiger partial charge in [0, 0.05) is 17.2 Å². The van der Waals surface area contributed by atoms with Gasteiger partial charge in [-0.2, -0.15) is 0 Å². The number of hydrogen-bond donors (Lipinski definition) is 0. The summed E-state index contributed by atoms with van der Waals surface area (Å²) in [5, 5.41) is 3.16. The number of aryl methyl sites for hydroxylation is 1. The number of nitrogens with zero attached hydrogens (tertiary/aromatic N) is 1. The van der Waals surface area contributed by atoms with Crippen molar-refractivity contribution in [2.75, 3.05) is 0 Å². The van der Waals surface area contributed by atoms with Crippen LogP contribution in [0.1, 0.15) is 30.0 Å². The number of hydrogen-bond acceptors (Lipinski definition) is 3. The summed E-state index contributed by atoms with van der Waals surface area (Å²) in [5.41, 5.74) is 1.04. The molecule has 0 atom stereocenters. The highest BCUT2D eigenvalue weighted by atomic mass is 32.1. The predicted molar refractivity (Wildman–Crippen MR) is 52.9 cm³/mol. The van der Waals surface area contributed by atoms with Crippen LogP contribution in [0.5, 0.6) is 0 Å². The summed E-state index contributed by atoms with van der Waals surface area (Å²) in [6, 6.07) is 0. The normalized spacial score (nSPS) is 19.5. The van der Waals surface area contributed by atoms with Crippen molar-refractivity contribution >= 4 is 17.6 Å². The molecule has 1 aliphatic carbocycles. The van der Waals surface area contributed by atoms with Gasteiger partial charge >= 0.3 is 0 Å². The number of thiazole rings is 1. The van der Waals surface area contributed by atoms with Crippen LogP contribution in [-0.4, -0.2) is 11.3 Å². The van der Waals surface area contributed by atoms with Gasteiger partial charge in [-0.3, -0.25) is 0 Å². The largest absolute Gasteiger partial charge is 0.303 e. The zero-order valence-electron chi connectivity index (χ0n) is 7.75. The van der Waals surface area contributed by atoms with Gasteiger partial charge in [0.05, 0.1) is 10.7 Å². The van der Waals surface area contributed by atoms with Crippen molar-refractivity contribution in [2.24, 2.45) is 5.41 Å². The van der Waals surface area contributed by atoms with Gasteiger partial charge in [-0.25, -0.2) is 4.98 Å². The molecule has 0 N–H and O–H groups in total. The fourth-order valence-electron chi connectivity index (χ4n) is 1.82. The minimum Gasteiger partial charge on any atom is -0.303 e. The van der Waals surface area contributed by atoms with Gasteiger partial charge in [-0.1, -0.05) is 6.42 Å². The Bertz CT molecular complexity index is 314. The second-order valence-corrected chi connectivity index (χ2v) is 4.93. The van der Waals surface area contributed by atoms with Gasteiger partial charge in [-0.05, 0) is 19.8 Å². The van der Waals surface area contributed by atoms with Crippen LogP contribution in [0.2, 0.25) is 0 Å². The van der Waals surface area contributed by atoms with Crippen LogP contribution in [0.25, 0.3) is 0 Å². The lowest BCUT2D eigenvalue weighted by atomic mass is 9.67. The van der Waals surface area contributed by atoms with Crippen molar-refractivity contribution in [3.05, 3.63) is 16.1 Å². The second-order valence-electron chi connectivity index (χ2n) is 3.87. The molecule has 13 heavy (non-hydrogen) atoms. The van der Waals surface area contributed by atoms with E-state index in [0.29, 0.717) is 0 Å². The van der Waals surface area contributed by atoms with Crippen molar-refractivity contribution in [2.45, 2.75) is 32.6 Å². The summed E-state index contributed by atoms with van der Waals surface area (Å²) in [6.07, 6.45) is 5.27. The Hall–Kier alpha value is -0.700. The maximum absolute atomic E-state index is 10.9. The molecule has 0 aromatic carbocycles. The molecule has 0 aliphatic heterocycles. The number of rotatable bonds is 3. The monoisotopic (exact) mass is 195 g/mol. The van der Waals surface area contributed by atoms with Gasteiger partial charge in [0.25, 0.3) is 0 Å². The Labute approximate surface area is 82.0 Å². The highest BCUT2D eigenvalue weighted by molar-refractivity contribution is 7.09. The minimum absolute atomic E-state index is 0.0550. The zero-order chi connectivity index (χ0) is 9.31. The lowest BCUT2D eigenvalue weighted by Gasteiger charge is -2.35. The first-order chi connectivity index (χ1) is 6.24. The first kappa shape index (κ1) is 8.88. The van der Waals surface area contributed by atoms with Gasteiger partial charge in [-0.15, -0.1) is 11.3 Å². The fourth-order valence-corrected chi connectivity index (χ4v) is 2.43. The lowest BCUT2D eigenvalue weighted by Crippen LogP contribution is -2.33. The van der Waals surface area contributed by atoms with E-state index in [1.54, 1.807) is 11.3 Å². The molecule has 70 valence electrons. The maximum Gasteiger partial charge on any atom is 0.126 e. The molecule has 3 heteroatoms. The third kappa shape index (κ3) is 1.66. The summed E-state index contributed by atoms with van der Waals surface area (Å²) < 4.78 is 0. The molecule has 1 fully saturated rings. The molecule has 0 saturated heterocycles. The SMILES string of the molecule is Cc1nc(CC2(C=O)CCC2)cs1. The average Bonchev–Trinajstić information content (AvgIpc) is 2.44. The van der Waals surface area contributed by atoms with E-state index in [1.165, 1.54) is 6.42 Å². The summed E-state index contributed by atoms with van der Waals surface area (Å²) >= 11 is 1.66. The minimum atomic E-state index is -0.0550. The standard InChI is InChI=1S/C10H13NOS/c1-8-11-9(6-13-8)5-10(7-12)3-2-4-10/h6-7H,2-5H2,1H3. The number of carbonyl (C=O) groups is 1. The Morgan fingerprint density at radius 1 is 1.69 bits per heavy atom. The molecule has 0 amide bonds. The Morgan fingerprint density at radius 3 is 2.85 bits per heavy atom. The zero-order valence-corrected chi connectivity index (χ0v) is 8.56. The first-order valence-electron chi connectivity index (χ1n) is 4.61. The molecule has 0 unspecified atom stereocenters. The van der Waals surface area contributed by atoms with Crippen molar-refractivity contribution in [3.8, 4) is 0 Å². The summed E-state index contributed by atoms with van der Waals surface area (Å²) in [7, 11) is 0. The highest BCUT2D eigenvalue weighted by Gasteiger charge is 2.37. The van der Waals surface area contributed by atoms with Gasteiger partial charge < -0.3 is 4.79 Å². The third-order valence-electron chi connectivity index (χ3n) is 2.80. The molecule has 0 spiro atoms. The molecule has 0 bridgehead atoms. The Balaban J connectivity index is 2.08. The first-order valence-corrected chi connectivity index (χ1v) is 5.49. The summed E-state index contributed by atoms with van der Waals surface area (Å²) in [5.74, 6) is 0. The molecule has 1 saturated carbocycles. The molecule has 1 heterocycles. The van der Waals surface area contributed by atoms with Gasteiger partial charge in [0.1, 0.15) is 6.29 Å². The van der Waals surface area contributed by atoms with E-state index in [9.17, 15) is 4.79 Å². The molecular weight excluding hydrogens is 182 g/mol. The van der Waals surface area contributed by atoms with Crippen LogP contribution < -0.4 is 0 Å². The molecule has 1 aliphatic rings. The van der Waals surface area contributed by atoms with Crippen LogP contribution >= 0.6 is 11.3 Å². The number of aldehydes is 1. The van der Waals surface area contributed by atoms with E-state index in [1.807, 2.05) is 6.92 Å². The molecule has 2 rings (SSSR count). The van der Waals surface area contributed by atoms with Gasteiger partial charge in [0.15, 0.2) is 0 Å². The van der Waals surface area contributed by atoms with Crippen molar-refractivity contribution in [1.29, 1.82) is 0 Å². The van der Waals surface area contributed by atoms with E-state index in [-0.39, 0.29) is 5.41 Å². The fraction of sp³-hybridized carbons (Fsp3) is 0.600. The molecule has 1 aromatic heterocycles. The molecular formula is C10H13NOS. The maximum atomic E-state index is 10.9. The molecule has 2 nitrogen and oxygen atoms in total. The lowest BCUT2D eigenvalue weighted by molar-refractivity contribution is -0.120. The smallest absolute Gasteiger partial charge is 0.126 e. The van der Waals surface area contributed by atoms with E-state index in [0.717, 1.165) is 36.3 Å². The Kier molecular flexibility index (Phi) is 2.20. The predicted octanol–water partition coefficient (Wildman–Crippen LogP) is 2.36. The third-order valence-corrected chi connectivity index (χ3v) is 3.62. The van der Waals surface area contributed by atoms with Crippen LogP contribution in [0.4, 0.5) is 0 Å². The van der Waals surface area contributed by atoms with E-state index >= 15 is 0 Å². The number of carbonyl (C=O) groups excluding carboxylic acids is 1. The van der Waals surface area contributed by atoms with Crippen LogP contribution in [-0.2, 0) is 11.2 Å². The number of aromatic nitrogens is 1. The highest BCUT2D eigenvalue weighted by Crippen LogP contribution is 2.41. The van der Waals surface area contributed by atoms with E-state index < -0.39 is 0 Å². The van der Waals surface area contributed by atoms with Crippen LogP contribution in [0.15, 0.2) is 5.38 Å². The quantitative estimate of drug-likeness (QED) is 0.693. The van der Waals surface area contributed by atoms with E-state index in [4.69, 9.17) is 0 Å². The van der Waals surface area contributed by atoms with Gasteiger partial charge in [0.2, 0.25) is 0 Å². The second kappa shape index (κ2) is 3.22. The van der Waals surface area contributed by atoms with Crippen molar-refractivity contribution < 1.29 is 4.79 Å². The van der Waals surface area contributed by atoms with Crippen molar-refractivity contribution in [3.63, 3.8) is 0 Å². The van der Waals surface area contributed by atoms with Crippen LogP contribution in [0, 0.1) is 12.3 Å². The summed E-state index contributed by atoms with van der Waals surface area (Å²) in [6.45, 7) is 2.00. The topological polar surface area (TPSA) is 30.0 Å². The average molecular weight is 195 g/mol. The Morgan fingerprint density at radius 2 is 2.46 bits per heavy atom. The molecule has 0 radical (unpaired) electrons. The van der Waals surface area contributed by atoms with Crippen LogP contribution in [0.3, 0.4) is 0 Å². The van der Waals surface area contributed by atoms with E-state index in [2.05, 4.69) is 10.4 Å². The summed E-state index contributed by atoms with van der Waals surface area (Å²) in [4.78, 5) is 15.3. The van der Waals surface area contributed by atoms with Crippen molar-refractivity contribution in [1.82, 2.24) is 4.98 Å². The molecule has 1 aromatic rings.